The SMILES string of the molecule is CCNC(c1ccc(F)cc1F)C(C)(C)C. The predicted octanol–water partition coefficient (Wildman–Crippen LogP) is 3.66. The van der Waals surface area contributed by atoms with Gasteiger partial charge in [-0.25, -0.2) is 8.78 Å². The lowest BCUT2D eigenvalue weighted by molar-refractivity contribution is 0.270. The maximum atomic E-state index is 13.7. The van der Waals surface area contributed by atoms with Gasteiger partial charge >= 0.3 is 0 Å². The van der Waals surface area contributed by atoms with Gasteiger partial charge in [-0.3, -0.25) is 0 Å². The third kappa shape index (κ3) is 3.01. The predicted molar refractivity (Wildman–Crippen MR) is 62.2 cm³/mol. The summed E-state index contributed by atoms with van der Waals surface area (Å²) in [7, 11) is 0. The maximum Gasteiger partial charge on any atom is 0.130 e. The van der Waals surface area contributed by atoms with Crippen LogP contribution in [0.5, 0.6) is 0 Å². The van der Waals surface area contributed by atoms with Crippen molar-refractivity contribution in [2.24, 2.45) is 5.41 Å². The van der Waals surface area contributed by atoms with E-state index < -0.39 is 11.6 Å². The molecule has 0 aliphatic rings. The molecule has 0 fully saturated rings. The Morgan fingerprint density at radius 2 is 1.88 bits per heavy atom. The van der Waals surface area contributed by atoms with Crippen LogP contribution in [0.1, 0.15) is 39.3 Å². The highest BCUT2D eigenvalue weighted by molar-refractivity contribution is 5.23. The summed E-state index contributed by atoms with van der Waals surface area (Å²) in [5, 5.41) is 3.24. The Morgan fingerprint density at radius 1 is 1.25 bits per heavy atom. The molecule has 1 unspecified atom stereocenters. The van der Waals surface area contributed by atoms with Crippen LogP contribution in [0.15, 0.2) is 18.2 Å². The van der Waals surface area contributed by atoms with Crippen LogP contribution in [0.4, 0.5) is 8.78 Å². The number of hydrogen-bond acceptors (Lipinski definition) is 1. The Bertz CT molecular complexity index is 355. The molecule has 0 saturated carbocycles. The topological polar surface area (TPSA) is 12.0 Å². The van der Waals surface area contributed by atoms with Crippen LogP contribution in [-0.4, -0.2) is 6.54 Å². The fourth-order valence-corrected chi connectivity index (χ4v) is 1.82. The Labute approximate surface area is 95.9 Å². The van der Waals surface area contributed by atoms with Crippen LogP contribution in [-0.2, 0) is 0 Å². The van der Waals surface area contributed by atoms with E-state index in [1.807, 2.05) is 27.7 Å². The second-order valence-corrected chi connectivity index (χ2v) is 5.02. The molecule has 0 aliphatic heterocycles. The quantitative estimate of drug-likeness (QED) is 0.831. The molecule has 0 spiro atoms. The standard InChI is InChI=1S/C13H19F2N/c1-5-16-12(13(2,3)4)10-7-6-9(14)8-11(10)15/h6-8,12,16H,5H2,1-4H3. The summed E-state index contributed by atoms with van der Waals surface area (Å²) in [6, 6.07) is 3.64. The largest absolute Gasteiger partial charge is 0.310 e. The van der Waals surface area contributed by atoms with Gasteiger partial charge in [0.05, 0.1) is 0 Å². The van der Waals surface area contributed by atoms with Gasteiger partial charge in [-0.05, 0) is 18.0 Å². The van der Waals surface area contributed by atoms with E-state index in [9.17, 15) is 8.78 Å². The highest BCUT2D eigenvalue weighted by Crippen LogP contribution is 2.34. The van der Waals surface area contributed by atoms with E-state index in [4.69, 9.17) is 0 Å². The van der Waals surface area contributed by atoms with Gasteiger partial charge in [-0.15, -0.1) is 0 Å². The van der Waals surface area contributed by atoms with Crippen molar-refractivity contribution in [2.45, 2.75) is 33.7 Å². The van der Waals surface area contributed by atoms with E-state index in [0.29, 0.717) is 5.56 Å². The molecule has 1 aromatic rings. The van der Waals surface area contributed by atoms with Crippen molar-refractivity contribution in [2.75, 3.05) is 6.54 Å². The molecular weight excluding hydrogens is 208 g/mol. The van der Waals surface area contributed by atoms with Crippen molar-refractivity contribution in [1.82, 2.24) is 5.32 Å². The molecule has 1 aromatic carbocycles. The van der Waals surface area contributed by atoms with Gasteiger partial charge < -0.3 is 5.32 Å². The monoisotopic (exact) mass is 227 g/mol. The molecule has 90 valence electrons. The van der Waals surface area contributed by atoms with E-state index in [1.165, 1.54) is 12.1 Å². The van der Waals surface area contributed by atoms with Crippen molar-refractivity contribution in [3.8, 4) is 0 Å². The second kappa shape index (κ2) is 4.91. The summed E-state index contributed by atoms with van der Waals surface area (Å²) in [5.74, 6) is -1.02. The first-order valence-corrected chi connectivity index (χ1v) is 5.54. The summed E-state index contributed by atoms with van der Waals surface area (Å²) in [6.07, 6.45) is 0. The van der Waals surface area contributed by atoms with E-state index >= 15 is 0 Å². The first-order valence-electron chi connectivity index (χ1n) is 5.54. The zero-order chi connectivity index (χ0) is 12.3. The van der Waals surface area contributed by atoms with E-state index in [-0.39, 0.29) is 11.5 Å². The molecule has 0 aromatic heterocycles. The molecule has 3 heteroatoms. The zero-order valence-corrected chi connectivity index (χ0v) is 10.3. The van der Waals surface area contributed by atoms with Gasteiger partial charge in [0, 0.05) is 17.7 Å². The number of halogens is 2. The lowest BCUT2D eigenvalue weighted by Gasteiger charge is -2.32. The number of hydrogen-bond donors (Lipinski definition) is 1. The molecule has 0 heterocycles. The van der Waals surface area contributed by atoms with Crippen molar-refractivity contribution >= 4 is 0 Å². The Balaban J connectivity index is 3.11. The average Bonchev–Trinajstić information content (AvgIpc) is 2.13. The molecule has 1 N–H and O–H groups in total. The van der Waals surface area contributed by atoms with Gasteiger partial charge in [-0.2, -0.15) is 0 Å². The van der Waals surface area contributed by atoms with Crippen LogP contribution in [0.3, 0.4) is 0 Å². The molecular formula is C13H19F2N. The van der Waals surface area contributed by atoms with Crippen LogP contribution in [0, 0.1) is 17.0 Å². The van der Waals surface area contributed by atoms with E-state index in [2.05, 4.69) is 5.32 Å². The molecule has 0 amide bonds. The van der Waals surface area contributed by atoms with E-state index in [0.717, 1.165) is 12.6 Å². The summed E-state index contributed by atoms with van der Waals surface area (Å²) in [5.41, 5.74) is 0.407. The summed E-state index contributed by atoms with van der Waals surface area (Å²) in [6.45, 7) is 8.81. The Morgan fingerprint density at radius 3 is 2.31 bits per heavy atom. The highest BCUT2D eigenvalue weighted by atomic mass is 19.1. The molecule has 1 rings (SSSR count). The lowest BCUT2D eigenvalue weighted by atomic mass is 9.82. The molecule has 1 nitrogen and oxygen atoms in total. The molecule has 0 saturated heterocycles. The van der Waals surface area contributed by atoms with Crippen molar-refractivity contribution in [3.63, 3.8) is 0 Å². The minimum Gasteiger partial charge on any atom is -0.310 e. The third-order valence-electron chi connectivity index (χ3n) is 2.55. The first kappa shape index (κ1) is 13.1. The number of nitrogens with one attached hydrogen (secondary N) is 1. The average molecular weight is 227 g/mol. The number of benzene rings is 1. The van der Waals surface area contributed by atoms with Crippen LogP contribution in [0.2, 0.25) is 0 Å². The van der Waals surface area contributed by atoms with Gasteiger partial charge in [0.2, 0.25) is 0 Å². The number of rotatable bonds is 3. The highest BCUT2D eigenvalue weighted by Gasteiger charge is 2.27. The van der Waals surface area contributed by atoms with Crippen LogP contribution in [0.25, 0.3) is 0 Å². The van der Waals surface area contributed by atoms with Gasteiger partial charge in [0.25, 0.3) is 0 Å². The summed E-state index contributed by atoms with van der Waals surface area (Å²) in [4.78, 5) is 0. The normalized spacial score (nSPS) is 13.9. The second-order valence-electron chi connectivity index (χ2n) is 5.02. The maximum absolute atomic E-state index is 13.7. The fraction of sp³-hybridized carbons (Fsp3) is 0.538. The third-order valence-corrected chi connectivity index (χ3v) is 2.55. The summed E-state index contributed by atoms with van der Waals surface area (Å²) >= 11 is 0. The molecule has 16 heavy (non-hydrogen) atoms. The lowest BCUT2D eigenvalue weighted by Crippen LogP contribution is -2.32. The van der Waals surface area contributed by atoms with Crippen molar-refractivity contribution in [3.05, 3.63) is 35.4 Å². The van der Waals surface area contributed by atoms with Crippen molar-refractivity contribution < 1.29 is 8.78 Å². The van der Waals surface area contributed by atoms with Gasteiger partial charge in [0.1, 0.15) is 11.6 Å². The molecule has 0 radical (unpaired) electrons. The minimum absolute atomic E-state index is 0.113. The van der Waals surface area contributed by atoms with Gasteiger partial charge in [0.15, 0.2) is 0 Å². The smallest absolute Gasteiger partial charge is 0.130 e. The zero-order valence-electron chi connectivity index (χ0n) is 10.3. The van der Waals surface area contributed by atoms with Crippen LogP contribution < -0.4 is 5.32 Å². The minimum atomic E-state index is -0.537. The molecule has 1 atom stereocenters. The summed E-state index contributed by atoms with van der Waals surface area (Å²) < 4.78 is 26.5. The van der Waals surface area contributed by atoms with Crippen molar-refractivity contribution in [1.29, 1.82) is 0 Å². The van der Waals surface area contributed by atoms with Crippen LogP contribution >= 0.6 is 0 Å². The fourth-order valence-electron chi connectivity index (χ4n) is 1.82. The Kier molecular flexibility index (Phi) is 4.03. The molecule has 0 aliphatic carbocycles. The Hall–Kier alpha value is -0.960. The molecule has 0 bridgehead atoms. The van der Waals surface area contributed by atoms with E-state index in [1.54, 1.807) is 0 Å². The van der Waals surface area contributed by atoms with Gasteiger partial charge in [-0.1, -0.05) is 33.8 Å². The first-order chi connectivity index (χ1) is 7.36.